The van der Waals surface area contributed by atoms with Gasteiger partial charge < -0.3 is 10.8 Å². The fourth-order valence-corrected chi connectivity index (χ4v) is 2.57. The minimum absolute atomic E-state index is 0.0170. The van der Waals surface area contributed by atoms with Crippen LogP contribution in [0.5, 0.6) is 0 Å². The summed E-state index contributed by atoms with van der Waals surface area (Å²) in [5.74, 6) is 0. The van der Waals surface area contributed by atoms with Crippen molar-refractivity contribution >= 4 is 11.6 Å². The second-order valence-corrected chi connectivity index (χ2v) is 4.97. The van der Waals surface area contributed by atoms with Crippen molar-refractivity contribution in [1.29, 1.82) is 0 Å². The molecule has 0 atom stereocenters. The highest BCUT2D eigenvalue weighted by atomic mass is 35.5. The van der Waals surface area contributed by atoms with E-state index in [0.717, 1.165) is 31.2 Å². The molecule has 1 saturated carbocycles. The number of halogens is 1. The highest BCUT2D eigenvalue weighted by Crippen LogP contribution is 2.38. The van der Waals surface area contributed by atoms with Gasteiger partial charge in [-0.1, -0.05) is 17.7 Å². The fourth-order valence-electron chi connectivity index (χ4n) is 2.46. The van der Waals surface area contributed by atoms with Crippen molar-refractivity contribution in [2.45, 2.75) is 37.2 Å². The number of nitrogens with zero attached hydrogens (tertiary/aromatic N) is 1. The molecule has 16 heavy (non-hydrogen) atoms. The van der Waals surface area contributed by atoms with Crippen LogP contribution < -0.4 is 5.73 Å². The van der Waals surface area contributed by atoms with Crippen molar-refractivity contribution in [3.05, 3.63) is 29.0 Å². The van der Waals surface area contributed by atoms with Crippen LogP contribution in [0.15, 0.2) is 18.3 Å². The maximum atomic E-state index is 9.55. The van der Waals surface area contributed by atoms with Crippen LogP contribution in [0.4, 0.5) is 0 Å². The predicted octanol–water partition coefficient (Wildman–Crippen LogP) is 1.87. The summed E-state index contributed by atoms with van der Waals surface area (Å²) < 4.78 is 0. The monoisotopic (exact) mass is 240 g/mol. The van der Waals surface area contributed by atoms with Crippen LogP contribution in [-0.4, -0.2) is 22.7 Å². The van der Waals surface area contributed by atoms with Gasteiger partial charge in [-0.2, -0.15) is 0 Å². The summed E-state index contributed by atoms with van der Waals surface area (Å²) in [7, 11) is 0. The summed E-state index contributed by atoms with van der Waals surface area (Å²) in [5, 5.41) is 10.1. The van der Waals surface area contributed by atoms with Crippen LogP contribution in [0, 0.1) is 0 Å². The molecule has 0 spiro atoms. The van der Waals surface area contributed by atoms with Gasteiger partial charge in [-0.05, 0) is 37.3 Å². The van der Waals surface area contributed by atoms with E-state index in [1.165, 1.54) is 0 Å². The molecule has 88 valence electrons. The number of hydrogen-bond donors (Lipinski definition) is 2. The topological polar surface area (TPSA) is 59.1 Å². The van der Waals surface area contributed by atoms with E-state index in [2.05, 4.69) is 4.98 Å². The van der Waals surface area contributed by atoms with Crippen molar-refractivity contribution in [2.24, 2.45) is 5.73 Å². The molecule has 3 N–H and O–H groups in total. The highest BCUT2D eigenvalue weighted by Gasteiger charge is 2.35. The zero-order chi connectivity index (χ0) is 11.6. The second kappa shape index (κ2) is 4.70. The minimum atomic E-state index is -0.167. The summed E-state index contributed by atoms with van der Waals surface area (Å²) in [5.41, 5.74) is 7.04. The molecule has 3 nitrogen and oxygen atoms in total. The van der Waals surface area contributed by atoms with E-state index >= 15 is 0 Å². The SMILES string of the molecule is NCC1(c2ccc(Cl)nc2)CCC(O)CC1. The fraction of sp³-hybridized carbons (Fsp3) is 0.583. The third-order valence-electron chi connectivity index (χ3n) is 3.64. The molecule has 1 aliphatic carbocycles. The maximum absolute atomic E-state index is 9.55. The molecular formula is C12H17ClN2O. The van der Waals surface area contributed by atoms with E-state index in [4.69, 9.17) is 17.3 Å². The number of pyridine rings is 1. The Hall–Kier alpha value is -0.640. The molecule has 1 aromatic heterocycles. The van der Waals surface area contributed by atoms with E-state index in [0.29, 0.717) is 11.7 Å². The van der Waals surface area contributed by atoms with Gasteiger partial charge in [0, 0.05) is 18.2 Å². The molecule has 1 aromatic rings. The van der Waals surface area contributed by atoms with Crippen molar-refractivity contribution in [3.8, 4) is 0 Å². The Morgan fingerprint density at radius 2 is 2.12 bits per heavy atom. The quantitative estimate of drug-likeness (QED) is 0.776. The Kier molecular flexibility index (Phi) is 3.47. The van der Waals surface area contributed by atoms with Gasteiger partial charge in [0.05, 0.1) is 6.10 Å². The van der Waals surface area contributed by atoms with Crippen molar-refractivity contribution in [2.75, 3.05) is 6.54 Å². The third kappa shape index (κ3) is 2.21. The van der Waals surface area contributed by atoms with Gasteiger partial charge in [-0.15, -0.1) is 0 Å². The summed E-state index contributed by atoms with van der Waals surface area (Å²) in [6.45, 7) is 0.600. The molecule has 1 fully saturated rings. The lowest BCUT2D eigenvalue weighted by molar-refractivity contribution is 0.0973. The van der Waals surface area contributed by atoms with E-state index in [-0.39, 0.29) is 11.5 Å². The number of aliphatic hydroxyl groups excluding tert-OH is 1. The van der Waals surface area contributed by atoms with Crippen LogP contribution in [0.25, 0.3) is 0 Å². The maximum Gasteiger partial charge on any atom is 0.129 e. The smallest absolute Gasteiger partial charge is 0.129 e. The number of aliphatic hydroxyl groups is 1. The van der Waals surface area contributed by atoms with Crippen LogP contribution in [0.3, 0.4) is 0 Å². The molecular weight excluding hydrogens is 224 g/mol. The number of rotatable bonds is 2. The van der Waals surface area contributed by atoms with Gasteiger partial charge in [0.2, 0.25) is 0 Å². The van der Waals surface area contributed by atoms with Crippen LogP contribution >= 0.6 is 11.6 Å². The minimum Gasteiger partial charge on any atom is -0.393 e. The zero-order valence-corrected chi connectivity index (χ0v) is 9.95. The lowest BCUT2D eigenvalue weighted by Crippen LogP contribution is -2.40. The zero-order valence-electron chi connectivity index (χ0n) is 9.19. The molecule has 0 aliphatic heterocycles. The average molecular weight is 241 g/mol. The van der Waals surface area contributed by atoms with Gasteiger partial charge in [0.25, 0.3) is 0 Å². The van der Waals surface area contributed by atoms with Crippen LogP contribution in [-0.2, 0) is 5.41 Å². The number of hydrogen-bond acceptors (Lipinski definition) is 3. The standard InChI is InChI=1S/C12H17ClN2O/c13-11-2-1-9(7-15-11)12(8-14)5-3-10(16)4-6-12/h1-2,7,10,16H,3-6,8,14H2. The summed E-state index contributed by atoms with van der Waals surface area (Å²) in [6, 6.07) is 3.80. The Balaban J connectivity index is 2.24. The molecule has 0 saturated heterocycles. The average Bonchev–Trinajstić information content (AvgIpc) is 2.32. The molecule has 0 unspecified atom stereocenters. The third-order valence-corrected chi connectivity index (χ3v) is 3.87. The Morgan fingerprint density at radius 3 is 2.62 bits per heavy atom. The summed E-state index contributed by atoms with van der Waals surface area (Å²) in [4.78, 5) is 4.11. The lowest BCUT2D eigenvalue weighted by atomic mass is 9.69. The summed E-state index contributed by atoms with van der Waals surface area (Å²) >= 11 is 5.78. The lowest BCUT2D eigenvalue weighted by Gasteiger charge is -2.38. The van der Waals surface area contributed by atoms with Crippen molar-refractivity contribution in [1.82, 2.24) is 4.98 Å². The second-order valence-electron chi connectivity index (χ2n) is 4.59. The first-order chi connectivity index (χ1) is 7.66. The van der Waals surface area contributed by atoms with Crippen molar-refractivity contribution in [3.63, 3.8) is 0 Å². The first-order valence-electron chi connectivity index (χ1n) is 5.66. The van der Waals surface area contributed by atoms with Crippen LogP contribution in [0.2, 0.25) is 5.15 Å². The van der Waals surface area contributed by atoms with E-state index < -0.39 is 0 Å². The number of nitrogens with two attached hydrogens (primary N) is 1. The van der Waals surface area contributed by atoms with Gasteiger partial charge >= 0.3 is 0 Å². The normalized spacial score (nSPS) is 30.3. The molecule has 0 amide bonds. The van der Waals surface area contributed by atoms with Gasteiger partial charge in [-0.3, -0.25) is 0 Å². The molecule has 1 heterocycles. The highest BCUT2D eigenvalue weighted by molar-refractivity contribution is 6.29. The van der Waals surface area contributed by atoms with Gasteiger partial charge in [0.15, 0.2) is 0 Å². The Morgan fingerprint density at radius 1 is 1.44 bits per heavy atom. The van der Waals surface area contributed by atoms with E-state index in [9.17, 15) is 5.11 Å². The van der Waals surface area contributed by atoms with E-state index in [1.807, 2.05) is 12.3 Å². The van der Waals surface area contributed by atoms with Gasteiger partial charge in [0.1, 0.15) is 5.15 Å². The van der Waals surface area contributed by atoms with Gasteiger partial charge in [-0.25, -0.2) is 4.98 Å². The van der Waals surface area contributed by atoms with E-state index in [1.54, 1.807) is 6.07 Å². The predicted molar refractivity (Wildman–Crippen MR) is 64.5 cm³/mol. The molecule has 1 aliphatic rings. The van der Waals surface area contributed by atoms with Crippen LogP contribution in [0.1, 0.15) is 31.2 Å². The summed E-state index contributed by atoms with van der Waals surface area (Å²) in [6.07, 6.45) is 5.13. The number of aromatic nitrogens is 1. The van der Waals surface area contributed by atoms with Crippen molar-refractivity contribution < 1.29 is 5.11 Å². The largest absolute Gasteiger partial charge is 0.393 e. The Bertz CT molecular complexity index is 345. The first-order valence-corrected chi connectivity index (χ1v) is 6.04. The molecule has 0 aromatic carbocycles. The molecule has 0 bridgehead atoms. The molecule has 2 rings (SSSR count). The first kappa shape index (κ1) is 11.8. The molecule has 0 radical (unpaired) electrons. The Labute approximate surface area is 101 Å². The molecule has 4 heteroatoms.